The maximum atomic E-state index is 14.5. The Morgan fingerprint density at radius 1 is 1.31 bits per heavy atom. The molecule has 1 aromatic carbocycles. The Labute approximate surface area is 191 Å². The van der Waals surface area contributed by atoms with Gasteiger partial charge in [0.1, 0.15) is 6.04 Å². The molecule has 1 aliphatic rings. The van der Waals surface area contributed by atoms with Crippen molar-refractivity contribution in [3.63, 3.8) is 0 Å². The van der Waals surface area contributed by atoms with E-state index in [1.807, 2.05) is 0 Å². The van der Waals surface area contributed by atoms with Crippen molar-refractivity contribution < 1.29 is 32.3 Å². The van der Waals surface area contributed by atoms with Crippen LogP contribution in [0.25, 0.3) is 0 Å². The predicted molar refractivity (Wildman–Crippen MR) is 113 cm³/mol. The van der Waals surface area contributed by atoms with Crippen molar-refractivity contribution >= 4 is 33.7 Å². The first-order valence-corrected chi connectivity index (χ1v) is 10.5. The summed E-state index contributed by atoms with van der Waals surface area (Å²) in [5, 5.41) is 4.66. The van der Waals surface area contributed by atoms with Crippen LogP contribution in [0.5, 0.6) is 0 Å². The fourth-order valence-electron chi connectivity index (χ4n) is 3.18. The maximum Gasteiger partial charge on any atom is 0.422 e. The first-order chi connectivity index (χ1) is 14.9. The van der Waals surface area contributed by atoms with Gasteiger partial charge in [-0.2, -0.15) is 13.2 Å². The second-order valence-corrected chi connectivity index (χ2v) is 8.63. The zero-order chi connectivity index (χ0) is 24.1. The molecule has 0 aromatic heterocycles. The molecule has 1 heterocycles. The summed E-state index contributed by atoms with van der Waals surface area (Å²) in [6.07, 6.45) is -5.52. The normalized spacial score (nSPS) is 25.0. The molecular formula is C21H23BrF3N3O4. The Bertz CT molecular complexity index is 925. The number of amides is 2. The molecule has 0 saturated heterocycles. The van der Waals surface area contributed by atoms with Gasteiger partial charge in [0.05, 0.1) is 12.5 Å². The van der Waals surface area contributed by atoms with E-state index in [4.69, 9.17) is 10.5 Å². The Balaban J connectivity index is 2.67. The lowest BCUT2D eigenvalue weighted by Crippen LogP contribution is -2.62. The number of rotatable bonds is 4. The monoisotopic (exact) mass is 517 g/mol. The zero-order valence-electron chi connectivity index (χ0n) is 17.4. The van der Waals surface area contributed by atoms with Gasteiger partial charge < -0.3 is 15.8 Å². The van der Waals surface area contributed by atoms with E-state index in [1.165, 1.54) is 24.3 Å². The molecule has 0 radical (unpaired) electrons. The summed E-state index contributed by atoms with van der Waals surface area (Å²) in [7, 11) is 0. The summed E-state index contributed by atoms with van der Waals surface area (Å²) in [6, 6.07) is 2.46. The molecule has 2 amide bonds. The average molecular weight is 518 g/mol. The third-order valence-corrected chi connectivity index (χ3v) is 5.26. The van der Waals surface area contributed by atoms with Crippen LogP contribution in [0.3, 0.4) is 0 Å². The summed E-state index contributed by atoms with van der Waals surface area (Å²) >= 11 is 3.19. The van der Waals surface area contributed by atoms with Crippen LogP contribution in [0.2, 0.25) is 0 Å². The summed E-state index contributed by atoms with van der Waals surface area (Å²) < 4.78 is 49.0. The van der Waals surface area contributed by atoms with Crippen molar-refractivity contribution in [1.29, 1.82) is 0 Å². The number of alkyl halides is 3. The number of halogens is 4. The third-order valence-electron chi connectivity index (χ3n) is 4.73. The highest BCUT2D eigenvalue weighted by Gasteiger charge is 2.57. The molecule has 7 nitrogen and oxygen atoms in total. The first-order valence-electron chi connectivity index (χ1n) is 9.71. The highest BCUT2D eigenvalue weighted by molar-refractivity contribution is 9.10. The fourth-order valence-corrected chi connectivity index (χ4v) is 3.44. The van der Waals surface area contributed by atoms with E-state index < -0.39 is 54.6 Å². The quantitative estimate of drug-likeness (QED) is 0.418. The molecule has 0 unspecified atom stereocenters. The average Bonchev–Trinajstić information content (AvgIpc) is 2.67. The smallest absolute Gasteiger partial charge is 0.422 e. The SMILES string of the molecule is CC(C)C[C@@H]1N[C@@](c2ccc(Br)cc2)(C(F)(F)F)C#CCOC(=O)C[C@@H](C(N)=O)NC1=O. The van der Waals surface area contributed by atoms with E-state index in [-0.39, 0.29) is 17.9 Å². The van der Waals surface area contributed by atoms with Crippen molar-refractivity contribution in [1.82, 2.24) is 10.6 Å². The lowest BCUT2D eigenvalue weighted by Gasteiger charge is -2.36. The summed E-state index contributed by atoms with van der Waals surface area (Å²) in [4.78, 5) is 36.6. The molecule has 174 valence electrons. The van der Waals surface area contributed by atoms with Crippen LogP contribution in [0.4, 0.5) is 13.2 Å². The van der Waals surface area contributed by atoms with Crippen LogP contribution in [-0.2, 0) is 24.7 Å². The molecule has 0 bridgehead atoms. The fraction of sp³-hybridized carbons (Fsp3) is 0.476. The van der Waals surface area contributed by atoms with Crippen LogP contribution >= 0.6 is 15.9 Å². The molecular weight excluding hydrogens is 495 g/mol. The standard InChI is InChI=1S/C21H23BrF3N3O4/c1-12(2)10-16-19(31)27-15(18(26)30)11-17(29)32-9-3-8-20(28-16,21(23,24)25)13-4-6-14(22)7-5-13/h4-7,12,15-16,28H,9-11H2,1-2H3,(H2,26,30)(H,27,31)/t15-,16-,20-/m0/s1. The topological polar surface area (TPSA) is 111 Å². The molecule has 0 fully saturated rings. The number of primary amides is 1. The van der Waals surface area contributed by atoms with Gasteiger partial charge >= 0.3 is 12.1 Å². The number of esters is 1. The Kier molecular flexibility index (Phi) is 8.31. The van der Waals surface area contributed by atoms with E-state index in [1.54, 1.807) is 13.8 Å². The van der Waals surface area contributed by atoms with Gasteiger partial charge in [0.2, 0.25) is 17.4 Å². The van der Waals surface area contributed by atoms with Gasteiger partial charge in [-0.15, -0.1) is 0 Å². The number of cyclic esters (lactones) is 1. The molecule has 4 N–H and O–H groups in total. The van der Waals surface area contributed by atoms with E-state index in [0.29, 0.717) is 4.47 Å². The number of nitrogens with two attached hydrogens (primary N) is 1. The Hall–Kier alpha value is -2.58. The molecule has 1 aromatic rings. The number of benzene rings is 1. The van der Waals surface area contributed by atoms with Crippen LogP contribution in [0.1, 0.15) is 32.3 Å². The van der Waals surface area contributed by atoms with Gasteiger partial charge in [-0.1, -0.05) is 53.8 Å². The number of carbonyl (C=O) groups is 3. The van der Waals surface area contributed by atoms with Crippen molar-refractivity contribution in [2.24, 2.45) is 11.7 Å². The summed E-state index contributed by atoms with van der Waals surface area (Å²) in [5.41, 5.74) is 2.05. The number of nitrogens with one attached hydrogen (secondary N) is 2. The lowest BCUT2D eigenvalue weighted by atomic mass is 9.87. The van der Waals surface area contributed by atoms with Crippen molar-refractivity contribution in [3.05, 3.63) is 34.3 Å². The molecule has 0 aliphatic carbocycles. The van der Waals surface area contributed by atoms with E-state index in [9.17, 15) is 27.6 Å². The number of ether oxygens (including phenoxy) is 1. The van der Waals surface area contributed by atoms with E-state index >= 15 is 0 Å². The predicted octanol–water partition coefficient (Wildman–Crippen LogP) is 2.13. The minimum Gasteiger partial charge on any atom is -0.452 e. The van der Waals surface area contributed by atoms with Gasteiger partial charge in [-0.3, -0.25) is 19.7 Å². The van der Waals surface area contributed by atoms with Crippen LogP contribution in [-0.4, -0.2) is 42.7 Å². The number of hydrogen-bond acceptors (Lipinski definition) is 5. The van der Waals surface area contributed by atoms with E-state index in [2.05, 4.69) is 38.4 Å². The molecule has 32 heavy (non-hydrogen) atoms. The Morgan fingerprint density at radius 3 is 2.47 bits per heavy atom. The zero-order valence-corrected chi connectivity index (χ0v) is 19.0. The van der Waals surface area contributed by atoms with Gasteiger partial charge in [-0.25, -0.2) is 0 Å². The molecule has 0 spiro atoms. The third kappa shape index (κ3) is 6.23. The summed E-state index contributed by atoms with van der Waals surface area (Å²) in [5.74, 6) is 1.35. The van der Waals surface area contributed by atoms with Crippen molar-refractivity contribution in [3.8, 4) is 11.8 Å². The second kappa shape index (κ2) is 10.4. The highest BCUT2D eigenvalue weighted by atomic mass is 79.9. The minimum atomic E-state index is -4.96. The Morgan fingerprint density at radius 2 is 1.94 bits per heavy atom. The van der Waals surface area contributed by atoms with Gasteiger partial charge in [0, 0.05) is 4.47 Å². The van der Waals surface area contributed by atoms with Crippen LogP contribution < -0.4 is 16.4 Å². The number of hydrogen-bond donors (Lipinski definition) is 3. The van der Waals surface area contributed by atoms with Crippen LogP contribution in [0, 0.1) is 17.8 Å². The number of carbonyl (C=O) groups excluding carboxylic acids is 3. The first kappa shape index (κ1) is 25.7. The van der Waals surface area contributed by atoms with Gasteiger partial charge in [0.15, 0.2) is 6.61 Å². The molecule has 2 rings (SSSR count). The molecule has 1 aliphatic heterocycles. The minimum absolute atomic E-state index is 0.00218. The van der Waals surface area contributed by atoms with Crippen LogP contribution in [0.15, 0.2) is 28.7 Å². The van der Waals surface area contributed by atoms with Gasteiger partial charge in [0.25, 0.3) is 0 Å². The molecule has 3 atom stereocenters. The van der Waals surface area contributed by atoms with E-state index in [0.717, 1.165) is 0 Å². The molecule has 11 heteroatoms. The largest absolute Gasteiger partial charge is 0.452 e. The lowest BCUT2D eigenvalue weighted by molar-refractivity contribution is -0.185. The van der Waals surface area contributed by atoms with Crippen molar-refractivity contribution in [2.75, 3.05) is 6.61 Å². The molecule has 0 saturated carbocycles. The highest BCUT2D eigenvalue weighted by Crippen LogP contribution is 2.40. The maximum absolute atomic E-state index is 14.5. The summed E-state index contributed by atoms with van der Waals surface area (Å²) in [6.45, 7) is 2.83. The van der Waals surface area contributed by atoms with Gasteiger partial charge in [-0.05, 0) is 30.0 Å². The van der Waals surface area contributed by atoms with Crippen molar-refractivity contribution in [2.45, 2.75) is 50.5 Å². The second-order valence-electron chi connectivity index (χ2n) is 7.71.